The predicted molar refractivity (Wildman–Crippen MR) is 103 cm³/mol. The van der Waals surface area contributed by atoms with Gasteiger partial charge in [-0.25, -0.2) is 4.39 Å². The van der Waals surface area contributed by atoms with E-state index in [1.54, 1.807) is 12.1 Å². The van der Waals surface area contributed by atoms with E-state index in [2.05, 4.69) is 16.4 Å². The van der Waals surface area contributed by atoms with Crippen molar-refractivity contribution in [3.8, 4) is 11.5 Å². The summed E-state index contributed by atoms with van der Waals surface area (Å²) >= 11 is 0. The van der Waals surface area contributed by atoms with Crippen molar-refractivity contribution < 1.29 is 31.4 Å². The van der Waals surface area contributed by atoms with Crippen LogP contribution in [-0.4, -0.2) is 7.11 Å². The third kappa shape index (κ3) is 4.71. The van der Waals surface area contributed by atoms with Crippen molar-refractivity contribution in [3.05, 3.63) is 58.9 Å². The van der Waals surface area contributed by atoms with E-state index in [1.807, 2.05) is 0 Å². The molecular formula is C23H25F5O2. The minimum absolute atomic E-state index is 0.323. The van der Waals surface area contributed by atoms with E-state index >= 15 is 0 Å². The van der Waals surface area contributed by atoms with Crippen molar-refractivity contribution in [2.75, 3.05) is 7.11 Å². The zero-order valence-electron chi connectivity index (χ0n) is 17.0. The van der Waals surface area contributed by atoms with Gasteiger partial charge >= 0.3 is 6.11 Å². The summed E-state index contributed by atoms with van der Waals surface area (Å²) in [6.45, 7) is 2.17. The molecule has 1 fully saturated rings. The molecule has 2 nitrogen and oxygen atoms in total. The van der Waals surface area contributed by atoms with Gasteiger partial charge in [0.05, 0.1) is 12.7 Å². The zero-order valence-corrected chi connectivity index (χ0v) is 17.0. The van der Waals surface area contributed by atoms with Gasteiger partial charge in [0.15, 0.2) is 17.3 Å². The SMILES string of the molecule is CCCC1CCC(c2ccc(C(F)(F)Oc3cc(F)c(OC)c(F)c3F)cc2)CC1. The lowest BCUT2D eigenvalue weighted by molar-refractivity contribution is -0.187. The Morgan fingerprint density at radius 1 is 0.967 bits per heavy atom. The second-order valence-corrected chi connectivity index (χ2v) is 7.76. The van der Waals surface area contributed by atoms with E-state index in [4.69, 9.17) is 0 Å². The number of halogens is 5. The summed E-state index contributed by atoms with van der Waals surface area (Å²) in [5.41, 5.74) is 0.444. The van der Waals surface area contributed by atoms with Gasteiger partial charge in [0, 0.05) is 6.07 Å². The Morgan fingerprint density at radius 3 is 2.17 bits per heavy atom. The summed E-state index contributed by atoms with van der Waals surface area (Å²) in [6, 6.07) is 5.99. The quantitative estimate of drug-likeness (QED) is 0.340. The van der Waals surface area contributed by atoms with Gasteiger partial charge in [-0.15, -0.1) is 0 Å². The average Bonchev–Trinajstić information content (AvgIpc) is 2.73. The summed E-state index contributed by atoms with van der Waals surface area (Å²) < 4.78 is 79.3. The first-order chi connectivity index (χ1) is 14.3. The number of benzene rings is 2. The Morgan fingerprint density at radius 2 is 1.60 bits per heavy atom. The molecule has 3 rings (SSSR count). The molecule has 0 heterocycles. The monoisotopic (exact) mass is 428 g/mol. The maximum Gasteiger partial charge on any atom is 0.426 e. The highest BCUT2D eigenvalue weighted by molar-refractivity contribution is 5.37. The van der Waals surface area contributed by atoms with Crippen LogP contribution in [0.15, 0.2) is 30.3 Å². The van der Waals surface area contributed by atoms with Crippen molar-refractivity contribution in [2.24, 2.45) is 5.92 Å². The summed E-state index contributed by atoms with van der Waals surface area (Å²) in [5, 5.41) is 0. The Hall–Kier alpha value is -2.31. The average molecular weight is 428 g/mol. The van der Waals surface area contributed by atoms with Gasteiger partial charge in [-0.3, -0.25) is 0 Å². The first-order valence-corrected chi connectivity index (χ1v) is 10.2. The highest BCUT2D eigenvalue weighted by Crippen LogP contribution is 2.40. The van der Waals surface area contributed by atoms with Gasteiger partial charge in [0.2, 0.25) is 11.6 Å². The van der Waals surface area contributed by atoms with Crippen molar-refractivity contribution >= 4 is 0 Å². The van der Waals surface area contributed by atoms with Crippen LogP contribution in [0.3, 0.4) is 0 Å². The molecule has 0 unspecified atom stereocenters. The van der Waals surface area contributed by atoms with Crippen LogP contribution in [0.1, 0.15) is 62.5 Å². The fraction of sp³-hybridized carbons (Fsp3) is 0.478. The Balaban J connectivity index is 1.73. The lowest BCUT2D eigenvalue weighted by Crippen LogP contribution is -2.23. The molecule has 7 heteroatoms. The zero-order chi connectivity index (χ0) is 21.9. The number of ether oxygens (including phenoxy) is 2. The van der Waals surface area contributed by atoms with Gasteiger partial charge in [-0.05, 0) is 55.2 Å². The molecule has 0 amide bonds. The van der Waals surface area contributed by atoms with E-state index in [1.165, 1.54) is 25.0 Å². The van der Waals surface area contributed by atoms with E-state index in [0.29, 0.717) is 12.0 Å². The second kappa shape index (κ2) is 9.23. The van der Waals surface area contributed by atoms with Crippen LogP contribution in [0.2, 0.25) is 0 Å². The number of alkyl halides is 2. The summed E-state index contributed by atoms with van der Waals surface area (Å²) in [6.07, 6.45) is 2.73. The van der Waals surface area contributed by atoms with Crippen LogP contribution in [0.5, 0.6) is 11.5 Å². The first-order valence-electron chi connectivity index (χ1n) is 10.2. The molecular weight excluding hydrogens is 403 g/mol. The molecule has 2 aromatic rings. The number of hydrogen-bond donors (Lipinski definition) is 0. The minimum atomic E-state index is -3.97. The molecule has 0 atom stereocenters. The van der Waals surface area contributed by atoms with Gasteiger partial charge in [0.1, 0.15) is 0 Å². The van der Waals surface area contributed by atoms with Crippen LogP contribution >= 0.6 is 0 Å². The number of rotatable bonds is 7. The molecule has 0 radical (unpaired) electrons. The molecule has 0 bridgehead atoms. The molecule has 0 aromatic heterocycles. The minimum Gasteiger partial charge on any atom is -0.491 e. The molecule has 1 saturated carbocycles. The van der Waals surface area contributed by atoms with Crippen molar-refractivity contribution in [1.82, 2.24) is 0 Å². The molecule has 1 aliphatic rings. The van der Waals surface area contributed by atoms with E-state index in [0.717, 1.165) is 44.3 Å². The van der Waals surface area contributed by atoms with E-state index < -0.39 is 40.6 Å². The van der Waals surface area contributed by atoms with Gasteiger partial charge < -0.3 is 9.47 Å². The van der Waals surface area contributed by atoms with Crippen molar-refractivity contribution in [1.29, 1.82) is 0 Å². The van der Waals surface area contributed by atoms with Crippen LogP contribution < -0.4 is 9.47 Å². The Kier molecular flexibility index (Phi) is 6.88. The van der Waals surface area contributed by atoms with Gasteiger partial charge in [0.25, 0.3) is 0 Å². The second-order valence-electron chi connectivity index (χ2n) is 7.76. The maximum atomic E-state index is 14.5. The molecule has 1 aliphatic carbocycles. The molecule has 164 valence electrons. The topological polar surface area (TPSA) is 18.5 Å². The highest BCUT2D eigenvalue weighted by Gasteiger charge is 2.37. The molecule has 0 aliphatic heterocycles. The lowest BCUT2D eigenvalue weighted by atomic mass is 9.77. The Bertz CT molecular complexity index is 859. The Labute approximate surface area is 173 Å². The lowest BCUT2D eigenvalue weighted by Gasteiger charge is -2.29. The summed E-state index contributed by atoms with van der Waals surface area (Å²) in [7, 11) is 0.938. The normalized spacial score (nSPS) is 19.6. The highest BCUT2D eigenvalue weighted by atomic mass is 19.3. The van der Waals surface area contributed by atoms with Gasteiger partial charge in [-0.2, -0.15) is 17.6 Å². The van der Waals surface area contributed by atoms with Gasteiger partial charge in [-0.1, -0.05) is 31.9 Å². The first kappa shape index (κ1) is 22.4. The van der Waals surface area contributed by atoms with Crippen molar-refractivity contribution in [3.63, 3.8) is 0 Å². The van der Waals surface area contributed by atoms with Crippen LogP contribution in [0.4, 0.5) is 22.0 Å². The fourth-order valence-electron chi connectivity index (χ4n) is 4.16. The summed E-state index contributed by atoms with van der Waals surface area (Å²) in [5.74, 6) is -5.97. The molecule has 0 saturated heterocycles. The summed E-state index contributed by atoms with van der Waals surface area (Å²) in [4.78, 5) is 0. The molecule has 0 spiro atoms. The predicted octanol–water partition coefficient (Wildman–Crippen LogP) is 7.31. The molecule has 0 N–H and O–H groups in total. The van der Waals surface area contributed by atoms with Crippen LogP contribution in [0, 0.1) is 23.4 Å². The van der Waals surface area contributed by atoms with E-state index in [9.17, 15) is 22.0 Å². The van der Waals surface area contributed by atoms with Crippen LogP contribution in [-0.2, 0) is 6.11 Å². The van der Waals surface area contributed by atoms with Crippen molar-refractivity contribution in [2.45, 2.75) is 57.5 Å². The van der Waals surface area contributed by atoms with Crippen LogP contribution in [0.25, 0.3) is 0 Å². The number of hydrogen-bond acceptors (Lipinski definition) is 2. The standard InChI is InChI=1S/C23H25F5O2/c1-3-4-14-5-7-15(8-6-14)16-9-11-17(12-10-16)23(27,28)30-19-13-18(24)22(29-2)21(26)20(19)25/h9-15H,3-8H2,1-2H3. The maximum absolute atomic E-state index is 14.5. The smallest absolute Gasteiger partial charge is 0.426 e. The third-order valence-corrected chi connectivity index (χ3v) is 5.79. The van der Waals surface area contributed by atoms with E-state index in [-0.39, 0.29) is 0 Å². The molecule has 2 aromatic carbocycles. The number of methoxy groups -OCH3 is 1. The molecule has 30 heavy (non-hydrogen) atoms. The largest absolute Gasteiger partial charge is 0.491 e. The fourth-order valence-corrected chi connectivity index (χ4v) is 4.16. The third-order valence-electron chi connectivity index (χ3n) is 5.79.